The molecule has 0 radical (unpaired) electrons. The molecule has 2 atom stereocenters. The maximum Gasteiger partial charge on any atom is 0.305 e. The molecule has 0 bridgehead atoms. The lowest BCUT2D eigenvalue weighted by Gasteiger charge is -2.22. The van der Waals surface area contributed by atoms with Crippen molar-refractivity contribution in [3.8, 4) is 0 Å². The summed E-state index contributed by atoms with van der Waals surface area (Å²) in [5.41, 5.74) is 0. The van der Waals surface area contributed by atoms with Crippen molar-refractivity contribution < 1.29 is 24.5 Å². The molecule has 0 aliphatic carbocycles. The van der Waals surface area contributed by atoms with Crippen LogP contribution in [-0.4, -0.2) is 47.4 Å². The Labute approximate surface area is 385 Å². The molecular weight excluding hydrogens is 767 g/mol. The van der Waals surface area contributed by atoms with E-state index in [1.54, 1.807) is 0 Å². The topological polar surface area (TPSA) is 95.9 Å². The Bertz CT molecular complexity index is 1010. The Kier molecular flexibility index (Phi) is 50.1. The minimum absolute atomic E-state index is 0.0253. The van der Waals surface area contributed by atoms with Crippen LogP contribution in [0.2, 0.25) is 0 Å². The van der Waals surface area contributed by atoms with E-state index in [1.807, 2.05) is 0 Å². The fourth-order valence-electron chi connectivity index (χ4n) is 8.21. The van der Waals surface area contributed by atoms with Crippen LogP contribution < -0.4 is 5.32 Å². The number of hydrogen-bond donors (Lipinski definition) is 3. The van der Waals surface area contributed by atoms with Crippen LogP contribution in [0.1, 0.15) is 284 Å². The summed E-state index contributed by atoms with van der Waals surface area (Å²) < 4.78 is 5.45. The van der Waals surface area contributed by atoms with Crippen LogP contribution in [0.4, 0.5) is 0 Å². The van der Waals surface area contributed by atoms with Crippen LogP contribution in [0, 0.1) is 0 Å². The average Bonchev–Trinajstić information content (AvgIpc) is 3.27. The SMILES string of the molecule is CCCCCCCC/C=C\CCCCCCCCCC(=O)OCCCCC/C=C\C=C/CCCCCCCCC(=O)NC(CO)C(O)CCCCCCCCCCCCCCC. The summed E-state index contributed by atoms with van der Waals surface area (Å²) >= 11 is 0. The first-order valence-corrected chi connectivity index (χ1v) is 27.3. The van der Waals surface area contributed by atoms with Crippen LogP contribution in [0.25, 0.3) is 0 Å². The zero-order valence-corrected chi connectivity index (χ0v) is 41.4. The second-order valence-corrected chi connectivity index (χ2v) is 18.6. The van der Waals surface area contributed by atoms with Crippen molar-refractivity contribution in [3.63, 3.8) is 0 Å². The molecule has 0 aromatic rings. The van der Waals surface area contributed by atoms with Crippen molar-refractivity contribution >= 4 is 11.9 Å². The predicted molar refractivity (Wildman–Crippen MR) is 269 cm³/mol. The van der Waals surface area contributed by atoms with E-state index >= 15 is 0 Å². The molecule has 0 saturated heterocycles. The molecule has 3 N–H and O–H groups in total. The summed E-state index contributed by atoms with van der Waals surface area (Å²) in [5, 5.41) is 23.2. The van der Waals surface area contributed by atoms with E-state index in [0.29, 0.717) is 25.9 Å². The highest BCUT2D eigenvalue weighted by atomic mass is 16.5. The van der Waals surface area contributed by atoms with Gasteiger partial charge in [-0.05, 0) is 83.5 Å². The smallest absolute Gasteiger partial charge is 0.305 e. The third-order valence-electron chi connectivity index (χ3n) is 12.4. The maximum atomic E-state index is 12.4. The Morgan fingerprint density at radius 1 is 0.452 bits per heavy atom. The quantitative estimate of drug-likeness (QED) is 0.0245. The molecule has 0 fully saturated rings. The monoisotopic (exact) mass is 872 g/mol. The van der Waals surface area contributed by atoms with Crippen molar-refractivity contribution in [3.05, 3.63) is 36.5 Å². The number of unbranched alkanes of at least 4 members (excludes halogenated alkanes) is 34. The summed E-state index contributed by atoms with van der Waals surface area (Å²) in [6.45, 7) is 4.89. The molecular formula is C56H105NO5. The van der Waals surface area contributed by atoms with Gasteiger partial charge in [0.05, 0.1) is 25.4 Å². The number of aliphatic hydroxyl groups is 2. The molecule has 62 heavy (non-hydrogen) atoms. The van der Waals surface area contributed by atoms with Gasteiger partial charge in [-0.1, -0.05) is 224 Å². The fraction of sp³-hybridized carbons (Fsp3) is 0.857. The lowest BCUT2D eigenvalue weighted by atomic mass is 10.0. The first-order chi connectivity index (χ1) is 30.5. The van der Waals surface area contributed by atoms with Crippen LogP contribution in [-0.2, 0) is 14.3 Å². The first kappa shape index (κ1) is 60.1. The van der Waals surface area contributed by atoms with Crippen molar-refractivity contribution in [1.29, 1.82) is 0 Å². The number of rotatable bonds is 50. The molecule has 6 nitrogen and oxygen atoms in total. The van der Waals surface area contributed by atoms with Crippen LogP contribution in [0.5, 0.6) is 0 Å². The van der Waals surface area contributed by atoms with Gasteiger partial charge in [0.15, 0.2) is 0 Å². The van der Waals surface area contributed by atoms with Crippen molar-refractivity contribution in [2.75, 3.05) is 13.2 Å². The number of nitrogens with one attached hydrogen (secondary N) is 1. The Morgan fingerprint density at radius 2 is 0.806 bits per heavy atom. The summed E-state index contributed by atoms with van der Waals surface area (Å²) in [7, 11) is 0. The van der Waals surface area contributed by atoms with E-state index in [4.69, 9.17) is 4.74 Å². The largest absolute Gasteiger partial charge is 0.466 e. The summed E-state index contributed by atoms with van der Waals surface area (Å²) in [6.07, 6.45) is 62.6. The molecule has 0 saturated carbocycles. The highest BCUT2D eigenvalue weighted by Gasteiger charge is 2.20. The van der Waals surface area contributed by atoms with Gasteiger partial charge in [-0.2, -0.15) is 0 Å². The Morgan fingerprint density at radius 3 is 1.24 bits per heavy atom. The maximum absolute atomic E-state index is 12.4. The number of allylic oxidation sites excluding steroid dienone is 6. The lowest BCUT2D eigenvalue weighted by molar-refractivity contribution is -0.143. The molecule has 364 valence electrons. The van der Waals surface area contributed by atoms with Gasteiger partial charge in [0.25, 0.3) is 0 Å². The van der Waals surface area contributed by atoms with Gasteiger partial charge in [0, 0.05) is 12.8 Å². The number of ether oxygens (including phenoxy) is 1. The van der Waals surface area contributed by atoms with Crippen molar-refractivity contribution in [2.24, 2.45) is 0 Å². The number of amides is 1. The molecule has 1 amide bonds. The van der Waals surface area contributed by atoms with E-state index < -0.39 is 12.1 Å². The van der Waals surface area contributed by atoms with Gasteiger partial charge in [-0.25, -0.2) is 0 Å². The number of esters is 1. The minimum Gasteiger partial charge on any atom is -0.466 e. The zero-order chi connectivity index (χ0) is 45.1. The molecule has 0 heterocycles. The number of carbonyl (C=O) groups excluding carboxylic acids is 2. The zero-order valence-electron chi connectivity index (χ0n) is 41.4. The molecule has 0 aliphatic heterocycles. The normalized spacial score (nSPS) is 12.9. The molecule has 0 aromatic carbocycles. The average molecular weight is 872 g/mol. The molecule has 2 unspecified atom stereocenters. The first-order valence-electron chi connectivity index (χ1n) is 27.3. The van der Waals surface area contributed by atoms with E-state index in [1.165, 1.54) is 173 Å². The van der Waals surface area contributed by atoms with Gasteiger partial charge < -0.3 is 20.3 Å². The summed E-state index contributed by atoms with van der Waals surface area (Å²) in [4.78, 5) is 24.5. The van der Waals surface area contributed by atoms with Gasteiger partial charge in [0.1, 0.15) is 0 Å². The fourth-order valence-corrected chi connectivity index (χ4v) is 8.21. The molecule has 0 rings (SSSR count). The number of hydrogen-bond acceptors (Lipinski definition) is 5. The minimum atomic E-state index is -0.678. The molecule has 0 aliphatic rings. The summed E-state index contributed by atoms with van der Waals surface area (Å²) in [6, 6.07) is -0.558. The highest BCUT2D eigenvalue weighted by Crippen LogP contribution is 2.16. The standard InChI is InChI=1S/C56H105NO5/c1-3-5-7-9-11-13-15-17-18-19-22-26-30-34-38-42-46-50-56(61)62-51-47-43-39-35-31-27-23-20-21-25-29-33-37-41-45-49-55(60)57-53(52-58)54(59)48-44-40-36-32-28-24-16-14-12-10-8-6-4-2/h17-18,20,23,27,31,53-54,58-59H,3-16,19,21-22,24-26,28-30,32-52H2,1-2H3,(H,57,60)/b18-17-,23-20-,31-27-. The van der Waals surface area contributed by atoms with E-state index in [-0.39, 0.29) is 18.5 Å². The number of aliphatic hydroxyl groups excluding tert-OH is 2. The Balaban J connectivity index is 3.51. The Hall–Kier alpha value is -1.92. The summed E-state index contributed by atoms with van der Waals surface area (Å²) in [5.74, 6) is -0.0835. The van der Waals surface area contributed by atoms with E-state index in [9.17, 15) is 19.8 Å². The van der Waals surface area contributed by atoms with E-state index in [0.717, 1.165) is 77.0 Å². The van der Waals surface area contributed by atoms with Crippen LogP contribution in [0.3, 0.4) is 0 Å². The molecule has 0 spiro atoms. The van der Waals surface area contributed by atoms with Gasteiger partial charge in [-0.3, -0.25) is 9.59 Å². The predicted octanol–water partition coefficient (Wildman–Crippen LogP) is 16.5. The third-order valence-corrected chi connectivity index (χ3v) is 12.4. The third kappa shape index (κ3) is 47.6. The van der Waals surface area contributed by atoms with Crippen molar-refractivity contribution in [2.45, 2.75) is 296 Å². The van der Waals surface area contributed by atoms with Gasteiger partial charge in [0.2, 0.25) is 5.91 Å². The van der Waals surface area contributed by atoms with Gasteiger partial charge >= 0.3 is 5.97 Å². The van der Waals surface area contributed by atoms with E-state index in [2.05, 4.69) is 55.6 Å². The lowest BCUT2D eigenvalue weighted by Crippen LogP contribution is -2.45. The second kappa shape index (κ2) is 51.7. The molecule has 6 heteroatoms. The van der Waals surface area contributed by atoms with Gasteiger partial charge in [-0.15, -0.1) is 0 Å². The van der Waals surface area contributed by atoms with Crippen LogP contribution in [0.15, 0.2) is 36.5 Å². The van der Waals surface area contributed by atoms with Crippen LogP contribution >= 0.6 is 0 Å². The highest BCUT2D eigenvalue weighted by molar-refractivity contribution is 5.76. The van der Waals surface area contributed by atoms with Crippen molar-refractivity contribution in [1.82, 2.24) is 5.32 Å². The number of carbonyl (C=O) groups is 2. The second-order valence-electron chi connectivity index (χ2n) is 18.6. The molecule has 0 aromatic heterocycles.